The van der Waals surface area contributed by atoms with Gasteiger partial charge in [0.2, 0.25) is 10.0 Å². The summed E-state index contributed by atoms with van der Waals surface area (Å²) in [6.45, 7) is 1.66. The first-order chi connectivity index (χ1) is 10.2. The van der Waals surface area contributed by atoms with E-state index in [1.54, 1.807) is 37.3 Å². The highest BCUT2D eigenvalue weighted by molar-refractivity contribution is 7.89. The fourth-order valence-electron chi connectivity index (χ4n) is 1.93. The monoisotopic (exact) mass is 329 g/mol. The smallest absolute Gasteiger partial charge is 0.207 e. The minimum atomic E-state index is -4.49. The van der Waals surface area contributed by atoms with Gasteiger partial charge in [-0.2, -0.15) is 13.2 Å². The average Bonchev–Trinajstić information content (AvgIpc) is 2.47. The van der Waals surface area contributed by atoms with E-state index in [0.717, 1.165) is 29.8 Å². The Bertz CT molecular complexity index is 726. The van der Waals surface area contributed by atoms with Crippen LogP contribution in [0.15, 0.2) is 59.5 Å². The summed E-state index contributed by atoms with van der Waals surface area (Å²) in [6, 6.07) is 11.8. The largest absolute Gasteiger partial charge is 0.416 e. The predicted molar refractivity (Wildman–Crippen MR) is 76.6 cm³/mol. The number of hydrogen-bond donors (Lipinski definition) is 1. The number of rotatable bonds is 4. The number of sulfonamides is 1. The summed E-state index contributed by atoms with van der Waals surface area (Å²) in [4.78, 5) is -0.205. The molecule has 0 radical (unpaired) electrons. The van der Waals surface area contributed by atoms with Crippen LogP contribution >= 0.6 is 0 Å². The van der Waals surface area contributed by atoms with Crippen molar-refractivity contribution in [1.82, 2.24) is 4.72 Å². The molecule has 1 atom stereocenters. The highest BCUT2D eigenvalue weighted by Gasteiger charge is 2.30. The van der Waals surface area contributed by atoms with Crippen LogP contribution in [0.5, 0.6) is 0 Å². The second kappa shape index (κ2) is 6.10. The van der Waals surface area contributed by atoms with Gasteiger partial charge in [0.1, 0.15) is 0 Å². The van der Waals surface area contributed by atoms with E-state index in [-0.39, 0.29) is 4.90 Å². The van der Waals surface area contributed by atoms with E-state index in [9.17, 15) is 21.6 Å². The molecule has 0 aliphatic heterocycles. The lowest BCUT2D eigenvalue weighted by atomic mass is 10.1. The van der Waals surface area contributed by atoms with Crippen LogP contribution in [0.4, 0.5) is 13.2 Å². The van der Waals surface area contributed by atoms with Crippen molar-refractivity contribution in [2.24, 2.45) is 0 Å². The Morgan fingerprint density at radius 2 is 1.50 bits per heavy atom. The third kappa shape index (κ3) is 3.86. The molecule has 0 fully saturated rings. The van der Waals surface area contributed by atoms with Crippen molar-refractivity contribution < 1.29 is 21.6 Å². The molecule has 0 saturated heterocycles. The normalized spacial score (nSPS) is 13.8. The molecule has 7 heteroatoms. The third-order valence-corrected chi connectivity index (χ3v) is 4.68. The average molecular weight is 329 g/mol. The van der Waals surface area contributed by atoms with Gasteiger partial charge in [-0.1, -0.05) is 30.3 Å². The summed E-state index contributed by atoms with van der Waals surface area (Å²) >= 11 is 0. The summed E-state index contributed by atoms with van der Waals surface area (Å²) in [5.41, 5.74) is -0.124. The number of benzene rings is 2. The zero-order valence-corrected chi connectivity index (χ0v) is 12.4. The van der Waals surface area contributed by atoms with E-state index in [1.165, 1.54) is 0 Å². The second-order valence-corrected chi connectivity index (χ2v) is 6.49. The summed E-state index contributed by atoms with van der Waals surface area (Å²) in [5, 5.41) is 0. The van der Waals surface area contributed by atoms with Crippen LogP contribution in [0.3, 0.4) is 0 Å². The molecule has 0 spiro atoms. The Morgan fingerprint density at radius 1 is 0.955 bits per heavy atom. The molecule has 22 heavy (non-hydrogen) atoms. The molecule has 0 heterocycles. The molecular formula is C15H14F3NO2S. The van der Waals surface area contributed by atoms with Gasteiger partial charge in [0.25, 0.3) is 0 Å². The van der Waals surface area contributed by atoms with Gasteiger partial charge in [-0.3, -0.25) is 0 Å². The van der Waals surface area contributed by atoms with Crippen LogP contribution in [-0.4, -0.2) is 8.42 Å². The van der Waals surface area contributed by atoms with Crippen molar-refractivity contribution in [3.63, 3.8) is 0 Å². The maximum Gasteiger partial charge on any atom is 0.416 e. The SMILES string of the molecule is C[C@H](NS(=O)(=O)c1ccc(C(F)(F)F)cc1)c1ccccc1. The molecule has 0 aliphatic rings. The number of hydrogen-bond acceptors (Lipinski definition) is 2. The van der Waals surface area contributed by atoms with Crippen LogP contribution in [0.1, 0.15) is 24.1 Å². The Balaban J connectivity index is 2.20. The highest BCUT2D eigenvalue weighted by atomic mass is 32.2. The van der Waals surface area contributed by atoms with Gasteiger partial charge in [-0.05, 0) is 36.8 Å². The quantitative estimate of drug-likeness (QED) is 0.929. The molecule has 1 N–H and O–H groups in total. The Hall–Kier alpha value is -1.86. The van der Waals surface area contributed by atoms with E-state index < -0.39 is 27.8 Å². The lowest BCUT2D eigenvalue weighted by molar-refractivity contribution is -0.137. The number of alkyl halides is 3. The molecule has 2 aromatic rings. The predicted octanol–water partition coefficient (Wildman–Crippen LogP) is 3.74. The van der Waals surface area contributed by atoms with Gasteiger partial charge in [0.05, 0.1) is 10.5 Å². The Labute approximate surface area is 126 Å². The van der Waals surface area contributed by atoms with Crippen LogP contribution in [0.2, 0.25) is 0 Å². The van der Waals surface area contributed by atoms with Gasteiger partial charge in [-0.15, -0.1) is 0 Å². The molecule has 0 saturated carbocycles. The first kappa shape index (κ1) is 16.5. The van der Waals surface area contributed by atoms with Crippen molar-refractivity contribution in [2.45, 2.75) is 24.0 Å². The standard InChI is InChI=1S/C15H14F3NO2S/c1-11(12-5-3-2-4-6-12)19-22(20,21)14-9-7-13(8-10-14)15(16,17)18/h2-11,19H,1H3/t11-/m0/s1. The van der Waals surface area contributed by atoms with Gasteiger partial charge in [-0.25, -0.2) is 13.1 Å². The molecule has 0 amide bonds. The van der Waals surface area contributed by atoms with Crippen LogP contribution < -0.4 is 4.72 Å². The van der Waals surface area contributed by atoms with E-state index >= 15 is 0 Å². The van der Waals surface area contributed by atoms with E-state index in [2.05, 4.69) is 4.72 Å². The van der Waals surface area contributed by atoms with Gasteiger partial charge in [0, 0.05) is 6.04 Å². The van der Waals surface area contributed by atoms with Crippen molar-refractivity contribution in [1.29, 1.82) is 0 Å². The molecule has 0 aromatic heterocycles. The maximum atomic E-state index is 12.5. The molecule has 3 nitrogen and oxygen atoms in total. The summed E-state index contributed by atoms with van der Waals surface area (Å²) in [7, 11) is -3.89. The van der Waals surface area contributed by atoms with E-state index in [4.69, 9.17) is 0 Å². The highest BCUT2D eigenvalue weighted by Crippen LogP contribution is 2.29. The zero-order valence-electron chi connectivity index (χ0n) is 11.6. The summed E-state index contributed by atoms with van der Waals surface area (Å²) in [6.07, 6.45) is -4.49. The van der Waals surface area contributed by atoms with Crippen molar-refractivity contribution in [3.8, 4) is 0 Å². The fourth-order valence-corrected chi connectivity index (χ4v) is 3.17. The fraction of sp³-hybridized carbons (Fsp3) is 0.200. The molecule has 2 rings (SSSR count). The minimum absolute atomic E-state index is 0.205. The van der Waals surface area contributed by atoms with Crippen LogP contribution in [0, 0.1) is 0 Å². The lowest BCUT2D eigenvalue weighted by Gasteiger charge is -2.15. The molecular weight excluding hydrogens is 315 g/mol. The van der Waals surface area contributed by atoms with Crippen molar-refractivity contribution in [3.05, 3.63) is 65.7 Å². The Morgan fingerprint density at radius 3 is 2.00 bits per heavy atom. The van der Waals surface area contributed by atoms with Crippen LogP contribution in [0.25, 0.3) is 0 Å². The third-order valence-electron chi connectivity index (χ3n) is 3.12. The van der Waals surface area contributed by atoms with E-state index in [0.29, 0.717) is 0 Å². The molecule has 0 aliphatic carbocycles. The lowest BCUT2D eigenvalue weighted by Crippen LogP contribution is -2.26. The Kier molecular flexibility index (Phi) is 4.58. The maximum absolute atomic E-state index is 12.5. The van der Waals surface area contributed by atoms with Crippen molar-refractivity contribution in [2.75, 3.05) is 0 Å². The van der Waals surface area contributed by atoms with Gasteiger partial charge < -0.3 is 0 Å². The minimum Gasteiger partial charge on any atom is -0.207 e. The number of nitrogens with one attached hydrogen (secondary N) is 1. The van der Waals surface area contributed by atoms with Crippen molar-refractivity contribution >= 4 is 10.0 Å². The topological polar surface area (TPSA) is 46.2 Å². The zero-order chi connectivity index (χ0) is 16.4. The summed E-state index contributed by atoms with van der Waals surface area (Å²) < 4.78 is 64.3. The molecule has 0 bridgehead atoms. The summed E-state index contributed by atoms with van der Waals surface area (Å²) in [5.74, 6) is 0. The van der Waals surface area contributed by atoms with Gasteiger partial charge in [0.15, 0.2) is 0 Å². The second-order valence-electron chi connectivity index (χ2n) is 4.78. The molecule has 2 aromatic carbocycles. The van der Waals surface area contributed by atoms with Crippen LogP contribution in [-0.2, 0) is 16.2 Å². The molecule has 0 unspecified atom stereocenters. The number of halogens is 3. The van der Waals surface area contributed by atoms with E-state index in [1.807, 2.05) is 0 Å². The first-order valence-electron chi connectivity index (χ1n) is 6.45. The first-order valence-corrected chi connectivity index (χ1v) is 7.93. The molecule has 118 valence electrons. The van der Waals surface area contributed by atoms with Gasteiger partial charge >= 0.3 is 6.18 Å².